The Bertz CT molecular complexity index is 607. The predicted octanol–water partition coefficient (Wildman–Crippen LogP) is 3.63. The van der Waals surface area contributed by atoms with Crippen LogP contribution in [0.3, 0.4) is 0 Å². The molecule has 2 atom stereocenters. The highest BCUT2D eigenvalue weighted by molar-refractivity contribution is 7.85. The SMILES string of the molecule is CCc1ccc(C(CS(=O)c2ccccc2C)NC)cc1. The average Bonchev–Trinajstić information content (AvgIpc) is 2.53. The summed E-state index contributed by atoms with van der Waals surface area (Å²) < 4.78 is 12.6. The summed E-state index contributed by atoms with van der Waals surface area (Å²) in [5.41, 5.74) is 3.61. The third-order valence-electron chi connectivity index (χ3n) is 3.80. The summed E-state index contributed by atoms with van der Waals surface area (Å²) >= 11 is 0. The smallest absolute Gasteiger partial charge is 0.0551 e. The Morgan fingerprint density at radius 3 is 2.33 bits per heavy atom. The van der Waals surface area contributed by atoms with Crippen LogP contribution in [0.2, 0.25) is 0 Å². The van der Waals surface area contributed by atoms with Crippen molar-refractivity contribution >= 4 is 10.8 Å². The van der Waals surface area contributed by atoms with E-state index >= 15 is 0 Å². The molecule has 2 unspecified atom stereocenters. The maximum absolute atomic E-state index is 12.6. The van der Waals surface area contributed by atoms with Crippen LogP contribution >= 0.6 is 0 Å². The Hall–Kier alpha value is -1.45. The zero-order valence-electron chi connectivity index (χ0n) is 12.9. The van der Waals surface area contributed by atoms with Gasteiger partial charge in [-0.1, -0.05) is 49.4 Å². The van der Waals surface area contributed by atoms with E-state index < -0.39 is 10.8 Å². The summed E-state index contributed by atoms with van der Waals surface area (Å²) in [5, 5.41) is 3.28. The molecule has 2 rings (SSSR count). The van der Waals surface area contributed by atoms with Gasteiger partial charge in [0.25, 0.3) is 0 Å². The van der Waals surface area contributed by atoms with E-state index in [1.165, 1.54) is 11.1 Å². The van der Waals surface area contributed by atoms with Crippen molar-refractivity contribution in [1.29, 1.82) is 0 Å². The molecule has 0 saturated heterocycles. The second kappa shape index (κ2) is 7.53. The van der Waals surface area contributed by atoms with Crippen LogP contribution in [0.5, 0.6) is 0 Å². The van der Waals surface area contributed by atoms with Gasteiger partial charge in [0.1, 0.15) is 0 Å². The monoisotopic (exact) mass is 301 g/mol. The number of aryl methyl sites for hydroxylation is 2. The minimum absolute atomic E-state index is 0.108. The topological polar surface area (TPSA) is 29.1 Å². The quantitative estimate of drug-likeness (QED) is 0.883. The lowest BCUT2D eigenvalue weighted by Gasteiger charge is -2.17. The molecular weight excluding hydrogens is 278 g/mol. The van der Waals surface area contributed by atoms with Crippen LogP contribution in [0, 0.1) is 6.92 Å². The van der Waals surface area contributed by atoms with Gasteiger partial charge in [-0.25, -0.2) is 0 Å². The summed E-state index contributed by atoms with van der Waals surface area (Å²) in [6, 6.07) is 16.6. The third kappa shape index (κ3) is 4.02. The van der Waals surface area contributed by atoms with Crippen LogP contribution in [0.15, 0.2) is 53.4 Å². The largest absolute Gasteiger partial charge is 0.312 e. The molecular formula is C18H23NOS. The fourth-order valence-electron chi connectivity index (χ4n) is 2.38. The van der Waals surface area contributed by atoms with Crippen molar-refractivity contribution in [3.05, 3.63) is 65.2 Å². The van der Waals surface area contributed by atoms with Crippen molar-refractivity contribution in [3.63, 3.8) is 0 Å². The van der Waals surface area contributed by atoms with Gasteiger partial charge in [-0.05, 0) is 43.1 Å². The summed E-state index contributed by atoms with van der Waals surface area (Å²) in [5.74, 6) is 0.590. The van der Waals surface area contributed by atoms with Gasteiger partial charge < -0.3 is 5.32 Å². The average molecular weight is 301 g/mol. The first kappa shape index (κ1) is 15.9. The number of rotatable bonds is 6. The summed E-state index contributed by atoms with van der Waals surface area (Å²) in [6.07, 6.45) is 1.04. The molecule has 0 amide bonds. The van der Waals surface area contributed by atoms with Crippen molar-refractivity contribution in [1.82, 2.24) is 5.32 Å². The van der Waals surface area contributed by atoms with Gasteiger partial charge >= 0.3 is 0 Å². The maximum Gasteiger partial charge on any atom is 0.0551 e. The van der Waals surface area contributed by atoms with E-state index in [9.17, 15) is 4.21 Å². The molecule has 0 bridgehead atoms. The first-order valence-electron chi connectivity index (χ1n) is 7.35. The molecule has 0 aromatic heterocycles. The summed E-state index contributed by atoms with van der Waals surface area (Å²) in [4.78, 5) is 0.933. The molecule has 0 fully saturated rings. The lowest BCUT2D eigenvalue weighted by molar-refractivity contribution is 0.635. The lowest BCUT2D eigenvalue weighted by Crippen LogP contribution is -2.23. The number of benzene rings is 2. The van der Waals surface area contributed by atoms with Gasteiger partial charge in [0.2, 0.25) is 0 Å². The molecule has 0 aliphatic carbocycles. The molecule has 0 aliphatic heterocycles. The Balaban J connectivity index is 2.15. The Morgan fingerprint density at radius 2 is 1.76 bits per heavy atom. The van der Waals surface area contributed by atoms with E-state index in [0.717, 1.165) is 16.9 Å². The van der Waals surface area contributed by atoms with E-state index in [0.29, 0.717) is 5.75 Å². The van der Waals surface area contributed by atoms with Crippen LogP contribution in [0.1, 0.15) is 29.7 Å². The molecule has 2 nitrogen and oxygen atoms in total. The first-order chi connectivity index (χ1) is 10.2. The van der Waals surface area contributed by atoms with Gasteiger partial charge in [0, 0.05) is 16.7 Å². The Labute approximate surface area is 130 Å². The zero-order chi connectivity index (χ0) is 15.2. The van der Waals surface area contributed by atoms with Crippen LogP contribution < -0.4 is 5.32 Å². The van der Waals surface area contributed by atoms with Crippen LogP contribution in [0.25, 0.3) is 0 Å². The third-order valence-corrected chi connectivity index (χ3v) is 5.38. The van der Waals surface area contributed by atoms with Crippen molar-refractivity contribution < 1.29 is 4.21 Å². The number of hydrogen-bond acceptors (Lipinski definition) is 2. The summed E-state index contributed by atoms with van der Waals surface area (Å²) in [7, 11) is 0.929. The normalized spacial score (nSPS) is 13.9. The fourth-order valence-corrected chi connectivity index (χ4v) is 3.88. The predicted molar refractivity (Wildman–Crippen MR) is 90.1 cm³/mol. The standard InChI is InChI=1S/C18H23NOS/c1-4-15-9-11-16(12-10-15)17(19-3)13-21(20)18-8-6-5-7-14(18)2/h5-12,17,19H,4,13H2,1-3H3. The van der Waals surface area contributed by atoms with Gasteiger partial charge in [-0.3, -0.25) is 4.21 Å². The van der Waals surface area contributed by atoms with Crippen molar-refractivity contribution in [2.24, 2.45) is 0 Å². The molecule has 1 N–H and O–H groups in total. The van der Waals surface area contributed by atoms with E-state index in [-0.39, 0.29) is 6.04 Å². The van der Waals surface area contributed by atoms with Crippen molar-refractivity contribution in [2.75, 3.05) is 12.8 Å². The second-order valence-electron chi connectivity index (χ2n) is 5.21. The highest BCUT2D eigenvalue weighted by Crippen LogP contribution is 2.20. The van der Waals surface area contributed by atoms with Gasteiger partial charge in [0.05, 0.1) is 10.8 Å². The Kier molecular flexibility index (Phi) is 5.71. The molecule has 0 spiro atoms. The van der Waals surface area contributed by atoms with E-state index in [1.54, 1.807) is 0 Å². The number of nitrogens with one attached hydrogen (secondary N) is 1. The van der Waals surface area contributed by atoms with Crippen LogP contribution in [0.4, 0.5) is 0 Å². The second-order valence-corrected chi connectivity index (χ2v) is 6.68. The molecule has 0 heterocycles. The van der Waals surface area contributed by atoms with Gasteiger partial charge in [0.15, 0.2) is 0 Å². The molecule has 0 saturated carbocycles. The zero-order valence-corrected chi connectivity index (χ0v) is 13.7. The van der Waals surface area contributed by atoms with E-state index in [2.05, 4.69) is 36.5 Å². The lowest BCUT2D eigenvalue weighted by atomic mass is 10.1. The maximum atomic E-state index is 12.6. The first-order valence-corrected chi connectivity index (χ1v) is 8.67. The molecule has 0 aliphatic rings. The summed E-state index contributed by atoms with van der Waals surface area (Å²) in [6.45, 7) is 4.16. The highest BCUT2D eigenvalue weighted by atomic mass is 32.2. The van der Waals surface area contributed by atoms with Gasteiger partial charge in [-0.15, -0.1) is 0 Å². The minimum Gasteiger partial charge on any atom is -0.312 e. The fraction of sp³-hybridized carbons (Fsp3) is 0.333. The van der Waals surface area contributed by atoms with Crippen LogP contribution in [-0.2, 0) is 17.2 Å². The number of hydrogen-bond donors (Lipinski definition) is 1. The van der Waals surface area contributed by atoms with Gasteiger partial charge in [-0.2, -0.15) is 0 Å². The van der Waals surface area contributed by atoms with Crippen LogP contribution in [-0.4, -0.2) is 17.0 Å². The Morgan fingerprint density at radius 1 is 1.10 bits per heavy atom. The highest BCUT2D eigenvalue weighted by Gasteiger charge is 2.15. The minimum atomic E-state index is -0.995. The molecule has 21 heavy (non-hydrogen) atoms. The molecule has 0 radical (unpaired) electrons. The van der Waals surface area contributed by atoms with Crippen molar-refractivity contribution in [3.8, 4) is 0 Å². The molecule has 112 valence electrons. The molecule has 2 aromatic rings. The van der Waals surface area contributed by atoms with E-state index in [4.69, 9.17) is 0 Å². The van der Waals surface area contributed by atoms with E-state index in [1.807, 2.05) is 38.2 Å². The van der Waals surface area contributed by atoms with Crippen molar-refractivity contribution in [2.45, 2.75) is 31.2 Å². The molecule has 3 heteroatoms. The molecule has 2 aromatic carbocycles.